The smallest absolute Gasteiger partial charge is 0.0370 e. The molecule has 2 saturated heterocycles. The van der Waals surface area contributed by atoms with Crippen molar-refractivity contribution in [2.45, 2.75) is 75.0 Å². The summed E-state index contributed by atoms with van der Waals surface area (Å²) in [5.41, 5.74) is 5.05. The van der Waals surface area contributed by atoms with Gasteiger partial charge < -0.3 is 10.6 Å². The molecule has 4 heteroatoms. The lowest BCUT2D eigenvalue weighted by molar-refractivity contribution is -0.111. The minimum absolute atomic E-state index is 0.0895. The molecule has 0 radical (unpaired) electrons. The Morgan fingerprint density at radius 2 is 1.46 bits per heavy atom. The van der Waals surface area contributed by atoms with Gasteiger partial charge in [0, 0.05) is 23.2 Å². The second-order valence-corrected chi connectivity index (χ2v) is 14.3. The van der Waals surface area contributed by atoms with Crippen LogP contribution in [0, 0.1) is 35.0 Å². The first-order valence-electron chi connectivity index (χ1n) is 14.6. The van der Waals surface area contributed by atoms with Crippen LogP contribution < -0.4 is 10.6 Å². The van der Waals surface area contributed by atoms with Gasteiger partial charge in [-0.15, -0.1) is 18.5 Å². The van der Waals surface area contributed by atoms with Gasteiger partial charge in [0.15, 0.2) is 0 Å². The molecule has 35 heavy (non-hydrogen) atoms. The Morgan fingerprint density at radius 3 is 1.97 bits per heavy atom. The molecule has 2 heterocycles. The van der Waals surface area contributed by atoms with Crippen LogP contribution in [0.4, 0.5) is 0 Å². The van der Waals surface area contributed by atoms with Crippen molar-refractivity contribution in [2.24, 2.45) is 35.0 Å². The van der Waals surface area contributed by atoms with Crippen molar-refractivity contribution >= 4 is 24.1 Å². The van der Waals surface area contributed by atoms with Gasteiger partial charge in [0.05, 0.1) is 0 Å². The van der Waals surface area contributed by atoms with Gasteiger partial charge in [-0.3, -0.25) is 0 Å². The van der Waals surface area contributed by atoms with Crippen molar-refractivity contribution in [1.82, 2.24) is 10.6 Å². The van der Waals surface area contributed by atoms with Crippen LogP contribution in [0.2, 0.25) is 0 Å². The highest BCUT2D eigenvalue weighted by atomic mass is 31.0. The fourth-order valence-electron chi connectivity index (χ4n) is 10.1. The Labute approximate surface area is 217 Å². The fourth-order valence-corrected chi connectivity index (χ4v) is 11.8. The molecule has 8 rings (SSSR count). The van der Waals surface area contributed by atoms with Crippen molar-refractivity contribution in [3.63, 3.8) is 0 Å². The topological polar surface area (TPSA) is 24.1 Å². The van der Waals surface area contributed by atoms with E-state index in [9.17, 15) is 0 Å². The van der Waals surface area contributed by atoms with E-state index in [-0.39, 0.29) is 5.16 Å². The maximum absolute atomic E-state index is 3.99. The second kappa shape index (κ2) is 9.05. The molecule has 4 saturated carbocycles. The minimum atomic E-state index is 0.0895. The zero-order valence-corrected chi connectivity index (χ0v) is 23.5. The molecule has 5 aliphatic carbocycles. The van der Waals surface area contributed by atoms with Crippen LogP contribution in [-0.4, -0.2) is 36.5 Å². The van der Waals surface area contributed by atoms with E-state index >= 15 is 0 Å². The van der Waals surface area contributed by atoms with Crippen molar-refractivity contribution in [3.05, 3.63) is 53.6 Å². The molecule has 188 valence electrons. The molecule has 2 N–H and O–H groups in total. The van der Waals surface area contributed by atoms with Crippen molar-refractivity contribution in [2.75, 3.05) is 19.3 Å². The van der Waals surface area contributed by atoms with E-state index in [0.29, 0.717) is 23.4 Å². The fraction of sp³-hybridized carbons (Fsp3) is 0.677. The lowest BCUT2D eigenvalue weighted by atomic mass is 9.42. The normalized spacial score (nSPS) is 43.9. The Bertz CT molecular complexity index is 958. The molecular weight excluding hydrogens is 462 g/mol. The number of rotatable bonds is 6. The molecule has 5 unspecified atom stereocenters. The van der Waals surface area contributed by atoms with E-state index in [4.69, 9.17) is 0 Å². The van der Waals surface area contributed by atoms with Crippen molar-refractivity contribution in [1.29, 1.82) is 0 Å². The molecule has 2 aliphatic heterocycles. The first-order valence-corrected chi connectivity index (χ1v) is 16.0. The SMILES string of the molecule is PCC1(C2C=C(c3ccccc3)C=C2C(P)(C2CCCN2)C2CCCN2)C2CC3CC(C2)CC1C3. The van der Waals surface area contributed by atoms with Crippen LogP contribution in [0.5, 0.6) is 0 Å². The molecule has 0 spiro atoms. The highest BCUT2D eigenvalue weighted by Gasteiger charge is 2.62. The summed E-state index contributed by atoms with van der Waals surface area (Å²) in [7, 11) is 6.81. The maximum atomic E-state index is 3.99. The second-order valence-electron chi connectivity index (χ2n) is 12.9. The summed E-state index contributed by atoms with van der Waals surface area (Å²) in [6.45, 7) is 2.35. The number of benzene rings is 1. The zero-order valence-electron chi connectivity index (χ0n) is 21.2. The van der Waals surface area contributed by atoms with Crippen LogP contribution in [-0.2, 0) is 0 Å². The van der Waals surface area contributed by atoms with Crippen LogP contribution in [0.3, 0.4) is 0 Å². The summed E-state index contributed by atoms with van der Waals surface area (Å²) in [5.74, 6) is 4.40. The standard InChI is InChI=1S/C31H44N2P2/c34-19-30(24-13-20-12-21(15-24)16-25(30)14-20)26-17-23(22-6-2-1-3-7-22)18-27(26)31(35,28-8-4-10-32-28)29-9-5-11-33-29/h1-3,6-7,17-18,20-21,24-26,28-29,32-33H,4-5,8-16,19,34-35H2. The Hall–Kier alpha value is -0.520. The summed E-state index contributed by atoms with van der Waals surface area (Å²) < 4.78 is 0. The van der Waals surface area contributed by atoms with Gasteiger partial charge in [0.25, 0.3) is 0 Å². The molecule has 6 fully saturated rings. The average Bonchev–Trinajstić information content (AvgIpc) is 3.67. The molecule has 0 amide bonds. The van der Waals surface area contributed by atoms with Crippen LogP contribution >= 0.6 is 18.5 Å². The summed E-state index contributed by atoms with van der Waals surface area (Å²) in [4.78, 5) is 0. The van der Waals surface area contributed by atoms with Crippen LogP contribution in [0.15, 0.2) is 48.1 Å². The van der Waals surface area contributed by atoms with Crippen LogP contribution in [0.25, 0.3) is 5.57 Å². The van der Waals surface area contributed by atoms with Gasteiger partial charge in [0.1, 0.15) is 0 Å². The average molecular weight is 507 g/mol. The summed E-state index contributed by atoms with van der Waals surface area (Å²) in [6, 6.07) is 12.4. The maximum Gasteiger partial charge on any atom is 0.0370 e. The molecule has 4 bridgehead atoms. The van der Waals surface area contributed by atoms with E-state index in [1.165, 1.54) is 88.2 Å². The van der Waals surface area contributed by atoms with Gasteiger partial charge in [-0.25, -0.2) is 0 Å². The lowest BCUT2D eigenvalue weighted by Gasteiger charge is -2.64. The highest BCUT2D eigenvalue weighted by Crippen LogP contribution is 2.68. The molecule has 2 nitrogen and oxygen atoms in total. The van der Waals surface area contributed by atoms with E-state index < -0.39 is 0 Å². The molecule has 7 aliphatic rings. The third-order valence-electron chi connectivity index (χ3n) is 11.5. The highest BCUT2D eigenvalue weighted by molar-refractivity contribution is 7.19. The third kappa shape index (κ3) is 3.56. The number of nitrogens with one attached hydrogen (secondary N) is 2. The minimum Gasteiger partial charge on any atom is -0.313 e. The summed E-state index contributed by atoms with van der Waals surface area (Å²) in [6.07, 6.45) is 19.4. The van der Waals surface area contributed by atoms with Gasteiger partial charge in [-0.2, -0.15) is 0 Å². The van der Waals surface area contributed by atoms with Gasteiger partial charge in [-0.1, -0.05) is 42.5 Å². The van der Waals surface area contributed by atoms with E-state index in [0.717, 1.165) is 23.7 Å². The molecular formula is C31H44N2P2. The lowest BCUT2D eigenvalue weighted by Crippen LogP contribution is -2.61. The predicted molar refractivity (Wildman–Crippen MR) is 155 cm³/mol. The summed E-state index contributed by atoms with van der Waals surface area (Å²) in [5, 5.41) is 8.08. The predicted octanol–water partition coefficient (Wildman–Crippen LogP) is 6.06. The first kappa shape index (κ1) is 23.6. The van der Waals surface area contributed by atoms with Crippen molar-refractivity contribution in [3.8, 4) is 0 Å². The zero-order chi connectivity index (χ0) is 23.6. The summed E-state index contributed by atoms with van der Waals surface area (Å²) >= 11 is 0. The van der Waals surface area contributed by atoms with Crippen molar-refractivity contribution < 1.29 is 0 Å². The Kier molecular flexibility index (Phi) is 6.10. The number of hydrogen-bond acceptors (Lipinski definition) is 2. The first-order chi connectivity index (χ1) is 17.1. The van der Waals surface area contributed by atoms with Gasteiger partial charge >= 0.3 is 0 Å². The molecule has 5 atom stereocenters. The Morgan fingerprint density at radius 1 is 0.857 bits per heavy atom. The largest absolute Gasteiger partial charge is 0.313 e. The molecule has 1 aromatic carbocycles. The number of hydrogen-bond donors (Lipinski definition) is 2. The van der Waals surface area contributed by atoms with E-state index in [1.54, 1.807) is 5.57 Å². The molecule has 1 aromatic rings. The quantitative estimate of drug-likeness (QED) is 0.458. The molecule has 0 aromatic heterocycles. The van der Waals surface area contributed by atoms with E-state index in [2.05, 4.69) is 71.6 Å². The van der Waals surface area contributed by atoms with Gasteiger partial charge in [-0.05, 0) is 123 Å². The monoisotopic (exact) mass is 506 g/mol. The van der Waals surface area contributed by atoms with E-state index in [1.807, 2.05) is 0 Å². The van der Waals surface area contributed by atoms with Gasteiger partial charge in [0.2, 0.25) is 0 Å². The Balaban J connectivity index is 1.38. The number of allylic oxidation sites excluding steroid dienone is 3. The van der Waals surface area contributed by atoms with Crippen LogP contribution in [0.1, 0.15) is 63.4 Å². The third-order valence-corrected chi connectivity index (χ3v) is 13.3.